The van der Waals surface area contributed by atoms with Crippen molar-refractivity contribution < 1.29 is 34.1 Å². The Morgan fingerprint density at radius 2 is 0.981 bits per heavy atom. The minimum absolute atomic E-state index is 0.110. The number of rotatable bonds is 41. The van der Waals surface area contributed by atoms with Crippen molar-refractivity contribution in [3.05, 3.63) is 12.2 Å². The highest BCUT2D eigenvalue weighted by atomic mass is 16.5. The summed E-state index contributed by atoms with van der Waals surface area (Å²) in [5.74, 6) is -2.39. The Bertz CT molecular complexity index is 926. The third-order valence-electron chi connectivity index (χ3n) is 10.2. The van der Waals surface area contributed by atoms with Gasteiger partial charge in [-0.05, 0) is 44.6 Å². The quantitative estimate of drug-likeness (QED) is 0.0276. The van der Waals surface area contributed by atoms with Gasteiger partial charge in [0, 0.05) is 12.8 Å². The van der Waals surface area contributed by atoms with Crippen LogP contribution >= 0.6 is 0 Å². The molecule has 54 heavy (non-hydrogen) atoms. The van der Waals surface area contributed by atoms with Crippen molar-refractivity contribution in [1.82, 2.24) is 10.6 Å². The highest BCUT2D eigenvalue weighted by Crippen LogP contribution is 2.17. The second-order valence-electron chi connectivity index (χ2n) is 15.5. The van der Waals surface area contributed by atoms with Crippen LogP contribution in [0.2, 0.25) is 0 Å². The third kappa shape index (κ3) is 36.6. The monoisotopic (exact) mass is 765 g/mol. The molecule has 9 nitrogen and oxygen atoms in total. The molecular formula is C45H84N2O7. The van der Waals surface area contributed by atoms with E-state index in [-0.39, 0.29) is 30.9 Å². The van der Waals surface area contributed by atoms with Crippen molar-refractivity contribution in [3.8, 4) is 0 Å². The Hall–Kier alpha value is -2.42. The van der Waals surface area contributed by atoms with Crippen LogP contribution in [0.15, 0.2) is 12.2 Å². The number of aliphatic carboxylic acids is 1. The predicted molar refractivity (Wildman–Crippen MR) is 222 cm³/mol. The van der Waals surface area contributed by atoms with Gasteiger partial charge in [-0.25, -0.2) is 4.79 Å². The highest BCUT2D eigenvalue weighted by Gasteiger charge is 2.18. The summed E-state index contributed by atoms with van der Waals surface area (Å²) in [5, 5.41) is 22.5. The van der Waals surface area contributed by atoms with E-state index in [0.29, 0.717) is 12.8 Å². The van der Waals surface area contributed by atoms with Crippen molar-refractivity contribution in [2.24, 2.45) is 0 Å². The molecule has 0 fully saturated rings. The first-order chi connectivity index (χ1) is 26.3. The maximum atomic E-state index is 12.7. The smallest absolute Gasteiger partial charge is 0.328 e. The van der Waals surface area contributed by atoms with Gasteiger partial charge >= 0.3 is 11.9 Å². The molecule has 0 aliphatic heterocycles. The van der Waals surface area contributed by atoms with E-state index in [4.69, 9.17) is 14.9 Å². The van der Waals surface area contributed by atoms with E-state index in [2.05, 4.69) is 36.6 Å². The van der Waals surface area contributed by atoms with E-state index >= 15 is 0 Å². The van der Waals surface area contributed by atoms with Crippen LogP contribution in [0.4, 0.5) is 0 Å². The minimum Gasteiger partial charge on any atom is -0.480 e. The van der Waals surface area contributed by atoms with Crippen molar-refractivity contribution in [3.63, 3.8) is 0 Å². The standard InChI is InChI=1S/C45H84N2O7/c1-3-5-7-9-10-11-12-13-14-15-16-17-18-19-20-21-22-23-24-25-27-33-37-44(51)54-40(34-30-26-8-6-4-2)35-31-28-29-32-36-42(49)46-38-43(50)47-41(39-48)45(52)53/h30,34,40-41,48H,3-29,31-33,35-39H2,1-2H3,(H,46,49)(H,47,50)(H,52,53)/b34-30-. The number of carboxylic acids is 1. The number of hydrogen-bond donors (Lipinski definition) is 4. The zero-order valence-corrected chi connectivity index (χ0v) is 35.0. The number of aliphatic hydroxyl groups excluding tert-OH is 1. The zero-order chi connectivity index (χ0) is 39.7. The van der Waals surface area contributed by atoms with Crippen LogP contribution in [-0.2, 0) is 23.9 Å². The number of carbonyl (C=O) groups is 4. The zero-order valence-electron chi connectivity index (χ0n) is 35.0. The van der Waals surface area contributed by atoms with E-state index in [1.165, 1.54) is 141 Å². The summed E-state index contributed by atoms with van der Waals surface area (Å²) in [4.78, 5) is 47.4. The van der Waals surface area contributed by atoms with E-state index in [1.54, 1.807) is 0 Å². The number of nitrogens with one attached hydrogen (secondary N) is 2. The van der Waals surface area contributed by atoms with Gasteiger partial charge in [0.2, 0.25) is 11.8 Å². The number of carboxylic acid groups (broad SMARTS) is 1. The maximum absolute atomic E-state index is 12.7. The second-order valence-corrected chi connectivity index (χ2v) is 15.5. The van der Waals surface area contributed by atoms with Gasteiger partial charge in [-0.15, -0.1) is 0 Å². The SMILES string of the molecule is CCCCC/C=C\C(CCCCCCC(=O)NCC(=O)NC(CO)C(=O)O)OC(=O)CCCCCCCCCCCCCCCCCCCCCCCC. The summed E-state index contributed by atoms with van der Waals surface area (Å²) in [6.07, 6.45) is 42.9. The number of aliphatic hydroxyl groups is 1. The molecule has 0 spiro atoms. The van der Waals surface area contributed by atoms with Crippen molar-refractivity contribution in [2.75, 3.05) is 13.2 Å². The van der Waals surface area contributed by atoms with Crippen LogP contribution in [0.5, 0.6) is 0 Å². The maximum Gasteiger partial charge on any atom is 0.328 e. The molecule has 0 aliphatic carbocycles. The van der Waals surface area contributed by atoms with Gasteiger partial charge in [-0.1, -0.05) is 180 Å². The van der Waals surface area contributed by atoms with Gasteiger partial charge in [0.15, 0.2) is 0 Å². The lowest BCUT2D eigenvalue weighted by Crippen LogP contribution is -2.47. The largest absolute Gasteiger partial charge is 0.480 e. The lowest BCUT2D eigenvalue weighted by Gasteiger charge is -2.15. The molecule has 0 aromatic rings. The van der Waals surface area contributed by atoms with Gasteiger partial charge in [0.25, 0.3) is 0 Å². The number of amides is 2. The molecule has 2 unspecified atom stereocenters. The number of ether oxygens (including phenoxy) is 1. The molecular weight excluding hydrogens is 681 g/mol. The van der Waals surface area contributed by atoms with Gasteiger partial charge in [0.1, 0.15) is 12.1 Å². The van der Waals surface area contributed by atoms with Crippen LogP contribution in [0, 0.1) is 0 Å². The number of hydrogen-bond acceptors (Lipinski definition) is 6. The van der Waals surface area contributed by atoms with Crippen molar-refractivity contribution in [2.45, 2.75) is 238 Å². The summed E-state index contributed by atoms with van der Waals surface area (Å²) in [6, 6.07) is -1.39. The molecule has 2 amide bonds. The molecule has 0 bridgehead atoms. The Morgan fingerprint density at radius 1 is 0.556 bits per heavy atom. The Labute approximate surface area is 331 Å². The van der Waals surface area contributed by atoms with E-state index in [1.807, 2.05) is 0 Å². The fourth-order valence-electron chi connectivity index (χ4n) is 6.74. The first-order valence-electron chi connectivity index (χ1n) is 22.6. The molecule has 0 heterocycles. The normalized spacial score (nSPS) is 12.5. The lowest BCUT2D eigenvalue weighted by molar-refractivity contribution is -0.147. The molecule has 0 saturated carbocycles. The van der Waals surface area contributed by atoms with Gasteiger partial charge in [-0.3, -0.25) is 14.4 Å². The summed E-state index contributed by atoms with van der Waals surface area (Å²) in [7, 11) is 0. The molecule has 0 rings (SSSR count). The average molecular weight is 765 g/mol. The molecule has 0 aliphatic rings. The average Bonchev–Trinajstić information content (AvgIpc) is 3.15. The van der Waals surface area contributed by atoms with E-state index in [0.717, 1.165) is 51.4 Å². The van der Waals surface area contributed by atoms with Crippen LogP contribution in [0.25, 0.3) is 0 Å². The lowest BCUT2D eigenvalue weighted by atomic mass is 10.0. The fourth-order valence-corrected chi connectivity index (χ4v) is 6.74. The summed E-state index contributed by atoms with van der Waals surface area (Å²) >= 11 is 0. The summed E-state index contributed by atoms with van der Waals surface area (Å²) in [5.41, 5.74) is 0. The molecule has 0 aromatic heterocycles. The topological polar surface area (TPSA) is 142 Å². The van der Waals surface area contributed by atoms with Crippen LogP contribution in [0.3, 0.4) is 0 Å². The van der Waals surface area contributed by atoms with E-state index in [9.17, 15) is 19.2 Å². The summed E-state index contributed by atoms with van der Waals surface area (Å²) < 4.78 is 5.87. The Balaban J connectivity index is 3.92. The number of esters is 1. The molecule has 0 aromatic carbocycles. The van der Waals surface area contributed by atoms with Crippen LogP contribution < -0.4 is 10.6 Å². The Morgan fingerprint density at radius 3 is 1.44 bits per heavy atom. The first kappa shape index (κ1) is 51.6. The number of carbonyl (C=O) groups excluding carboxylic acids is 3. The second kappa shape index (κ2) is 40.2. The molecule has 0 radical (unpaired) electrons. The third-order valence-corrected chi connectivity index (χ3v) is 10.2. The number of allylic oxidation sites excluding steroid dienone is 1. The molecule has 2 atom stereocenters. The molecule has 316 valence electrons. The van der Waals surface area contributed by atoms with Gasteiger partial charge < -0.3 is 25.6 Å². The van der Waals surface area contributed by atoms with E-state index < -0.39 is 24.5 Å². The highest BCUT2D eigenvalue weighted by molar-refractivity contribution is 5.87. The Kier molecular flexibility index (Phi) is 38.4. The predicted octanol–water partition coefficient (Wildman–Crippen LogP) is 11.0. The summed E-state index contributed by atoms with van der Waals surface area (Å²) in [6.45, 7) is 3.42. The first-order valence-corrected chi connectivity index (χ1v) is 22.6. The van der Waals surface area contributed by atoms with Gasteiger partial charge in [-0.2, -0.15) is 0 Å². The number of unbranched alkanes of at least 4 members (excludes halogenated alkanes) is 27. The van der Waals surface area contributed by atoms with Crippen molar-refractivity contribution in [1.29, 1.82) is 0 Å². The van der Waals surface area contributed by atoms with Crippen molar-refractivity contribution >= 4 is 23.8 Å². The molecule has 0 saturated heterocycles. The molecule has 9 heteroatoms. The van der Waals surface area contributed by atoms with Crippen LogP contribution in [-0.4, -0.2) is 59.3 Å². The van der Waals surface area contributed by atoms with Crippen LogP contribution in [0.1, 0.15) is 226 Å². The fraction of sp³-hybridized carbons (Fsp3) is 0.867. The minimum atomic E-state index is -1.39. The molecule has 4 N–H and O–H groups in total. The van der Waals surface area contributed by atoms with Gasteiger partial charge in [0.05, 0.1) is 13.2 Å².